The fourth-order valence-electron chi connectivity index (χ4n) is 1.95. The van der Waals surface area contributed by atoms with Gasteiger partial charge in [0.15, 0.2) is 11.6 Å². The highest BCUT2D eigenvalue weighted by atomic mass is 19.2. The molecule has 0 unspecified atom stereocenters. The quantitative estimate of drug-likeness (QED) is 0.789. The van der Waals surface area contributed by atoms with Crippen LogP contribution in [0.15, 0.2) is 24.4 Å². The summed E-state index contributed by atoms with van der Waals surface area (Å²) in [5, 5.41) is 0. The molecule has 0 amide bonds. The molecule has 19 heavy (non-hydrogen) atoms. The maximum atomic E-state index is 13.6. The normalized spacial score (nSPS) is 10.9. The third kappa shape index (κ3) is 3.38. The second kappa shape index (κ2) is 6.43. The average Bonchev–Trinajstić information content (AvgIpc) is 2.87. The van der Waals surface area contributed by atoms with Gasteiger partial charge in [-0.1, -0.05) is 12.5 Å². The van der Waals surface area contributed by atoms with E-state index in [9.17, 15) is 8.78 Å². The van der Waals surface area contributed by atoms with Crippen LogP contribution in [0.1, 0.15) is 25.1 Å². The molecule has 3 N–H and O–H groups in total. The summed E-state index contributed by atoms with van der Waals surface area (Å²) in [6, 6.07) is 4.11. The molecule has 0 aliphatic heterocycles. The van der Waals surface area contributed by atoms with Crippen LogP contribution < -0.4 is 5.73 Å². The summed E-state index contributed by atoms with van der Waals surface area (Å²) in [7, 11) is 0. The Morgan fingerprint density at radius 3 is 2.79 bits per heavy atom. The van der Waals surface area contributed by atoms with Gasteiger partial charge in [-0.25, -0.2) is 13.8 Å². The van der Waals surface area contributed by atoms with Gasteiger partial charge in [0, 0.05) is 12.0 Å². The van der Waals surface area contributed by atoms with Crippen LogP contribution in [-0.4, -0.2) is 16.5 Å². The minimum Gasteiger partial charge on any atom is -0.342 e. The van der Waals surface area contributed by atoms with Crippen LogP contribution in [0.3, 0.4) is 0 Å². The number of aromatic nitrogens is 2. The first-order valence-corrected chi connectivity index (χ1v) is 6.40. The van der Waals surface area contributed by atoms with E-state index in [0.29, 0.717) is 12.2 Å². The average molecular weight is 265 g/mol. The summed E-state index contributed by atoms with van der Waals surface area (Å²) in [6.07, 6.45) is 5.34. The first-order chi connectivity index (χ1) is 9.22. The molecular weight excluding hydrogens is 248 g/mol. The fraction of sp³-hybridized carbons (Fsp3) is 0.357. The van der Waals surface area contributed by atoms with Crippen LogP contribution in [0.2, 0.25) is 0 Å². The second-order valence-corrected chi connectivity index (χ2v) is 4.44. The Kier molecular flexibility index (Phi) is 4.63. The molecule has 0 aliphatic rings. The second-order valence-electron chi connectivity index (χ2n) is 4.44. The number of imidazole rings is 1. The van der Waals surface area contributed by atoms with Crippen LogP contribution in [-0.2, 0) is 6.42 Å². The molecule has 1 heterocycles. The summed E-state index contributed by atoms with van der Waals surface area (Å²) in [5.74, 6) is -0.909. The van der Waals surface area contributed by atoms with Crippen LogP contribution in [0.5, 0.6) is 0 Å². The summed E-state index contributed by atoms with van der Waals surface area (Å²) in [4.78, 5) is 7.21. The molecule has 5 heteroatoms. The zero-order valence-electron chi connectivity index (χ0n) is 10.6. The Hall–Kier alpha value is -1.75. The van der Waals surface area contributed by atoms with Gasteiger partial charge in [0.2, 0.25) is 0 Å². The van der Waals surface area contributed by atoms with E-state index in [4.69, 9.17) is 5.73 Å². The number of aromatic amines is 1. The number of unbranched alkanes of at least 4 members (excludes halogenated alkanes) is 2. The van der Waals surface area contributed by atoms with Crippen LogP contribution in [0.4, 0.5) is 8.78 Å². The third-order valence-electron chi connectivity index (χ3n) is 2.99. The Bertz CT molecular complexity index is 537. The first-order valence-electron chi connectivity index (χ1n) is 6.40. The molecule has 0 spiro atoms. The van der Waals surface area contributed by atoms with Crippen molar-refractivity contribution >= 4 is 0 Å². The molecule has 3 nitrogen and oxygen atoms in total. The SMILES string of the molecule is NCCCCCc1ncc(-c2cccc(F)c2F)[nH]1. The van der Waals surface area contributed by atoms with Gasteiger partial charge in [0.25, 0.3) is 0 Å². The van der Waals surface area contributed by atoms with Crippen molar-refractivity contribution in [2.24, 2.45) is 5.73 Å². The number of nitrogens with zero attached hydrogens (tertiary/aromatic N) is 1. The third-order valence-corrected chi connectivity index (χ3v) is 2.99. The molecule has 1 aromatic carbocycles. The molecule has 0 atom stereocenters. The number of hydrogen-bond donors (Lipinski definition) is 2. The van der Waals surface area contributed by atoms with Gasteiger partial charge in [0.1, 0.15) is 5.82 Å². The Morgan fingerprint density at radius 2 is 2.00 bits per heavy atom. The minimum absolute atomic E-state index is 0.209. The van der Waals surface area contributed by atoms with Crippen LogP contribution in [0, 0.1) is 11.6 Å². The molecular formula is C14H17F2N3. The molecule has 0 fully saturated rings. The van der Waals surface area contributed by atoms with E-state index in [1.54, 1.807) is 0 Å². The van der Waals surface area contributed by atoms with Gasteiger partial charge in [-0.2, -0.15) is 0 Å². The standard InChI is InChI=1S/C14H17F2N3/c15-11-6-4-5-10(14(11)16)12-9-18-13(19-12)7-2-1-3-8-17/h4-6,9H,1-3,7-8,17H2,(H,18,19). The first kappa shape index (κ1) is 13.7. The maximum absolute atomic E-state index is 13.6. The van der Waals surface area contributed by atoms with E-state index in [-0.39, 0.29) is 5.56 Å². The van der Waals surface area contributed by atoms with Crippen molar-refractivity contribution in [1.82, 2.24) is 9.97 Å². The Balaban J connectivity index is 2.06. The summed E-state index contributed by atoms with van der Waals surface area (Å²) < 4.78 is 26.8. The highest BCUT2D eigenvalue weighted by molar-refractivity contribution is 5.59. The van der Waals surface area contributed by atoms with Crippen molar-refractivity contribution in [3.8, 4) is 11.3 Å². The van der Waals surface area contributed by atoms with E-state index in [1.807, 2.05) is 0 Å². The van der Waals surface area contributed by atoms with Gasteiger partial charge < -0.3 is 10.7 Å². The van der Waals surface area contributed by atoms with Crippen molar-refractivity contribution in [2.75, 3.05) is 6.54 Å². The lowest BCUT2D eigenvalue weighted by Crippen LogP contribution is -1.98. The van der Waals surface area contributed by atoms with E-state index >= 15 is 0 Å². The monoisotopic (exact) mass is 265 g/mol. The minimum atomic E-state index is -0.850. The van der Waals surface area contributed by atoms with Crippen LogP contribution in [0.25, 0.3) is 11.3 Å². The zero-order chi connectivity index (χ0) is 13.7. The van der Waals surface area contributed by atoms with Gasteiger partial charge in [-0.3, -0.25) is 0 Å². The molecule has 2 aromatic rings. The molecule has 1 aromatic heterocycles. The summed E-state index contributed by atoms with van der Waals surface area (Å²) >= 11 is 0. The number of hydrogen-bond acceptors (Lipinski definition) is 2. The highest BCUT2D eigenvalue weighted by Gasteiger charge is 2.11. The summed E-state index contributed by atoms with van der Waals surface area (Å²) in [5.41, 5.74) is 6.13. The predicted molar refractivity (Wildman–Crippen MR) is 70.5 cm³/mol. The van der Waals surface area contributed by atoms with E-state index in [2.05, 4.69) is 9.97 Å². The molecule has 0 aliphatic carbocycles. The van der Waals surface area contributed by atoms with Crippen molar-refractivity contribution in [3.05, 3.63) is 41.9 Å². The topological polar surface area (TPSA) is 54.7 Å². The predicted octanol–water partition coefficient (Wildman–Crippen LogP) is 3.03. The van der Waals surface area contributed by atoms with Gasteiger partial charge in [0.05, 0.1) is 11.9 Å². The summed E-state index contributed by atoms with van der Waals surface area (Å²) in [6.45, 7) is 0.692. The Labute approximate surface area is 110 Å². The molecule has 0 saturated carbocycles. The Morgan fingerprint density at radius 1 is 1.16 bits per heavy atom. The number of aryl methyl sites for hydroxylation is 1. The van der Waals surface area contributed by atoms with E-state index in [0.717, 1.165) is 37.6 Å². The number of benzene rings is 1. The van der Waals surface area contributed by atoms with Crippen molar-refractivity contribution in [2.45, 2.75) is 25.7 Å². The van der Waals surface area contributed by atoms with Gasteiger partial charge in [-0.15, -0.1) is 0 Å². The smallest absolute Gasteiger partial charge is 0.168 e. The number of H-pyrrole nitrogens is 1. The van der Waals surface area contributed by atoms with Crippen LogP contribution >= 0.6 is 0 Å². The number of nitrogens with one attached hydrogen (secondary N) is 1. The van der Waals surface area contributed by atoms with Gasteiger partial charge in [-0.05, 0) is 31.5 Å². The molecule has 2 rings (SSSR count). The van der Waals surface area contributed by atoms with E-state index in [1.165, 1.54) is 18.3 Å². The molecule has 0 bridgehead atoms. The number of nitrogens with two attached hydrogens (primary N) is 1. The maximum Gasteiger partial charge on any atom is 0.168 e. The van der Waals surface area contributed by atoms with Crippen molar-refractivity contribution in [1.29, 1.82) is 0 Å². The molecule has 0 radical (unpaired) electrons. The van der Waals surface area contributed by atoms with Crippen molar-refractivity contribution < 1.29 is 8.78 Å². The largest absolute Gasteiger partial charge is 0.342 e. The van der Waals surface area contributed by atoms with Gasteiger partial charge >= 0.3 is 0 Å². The number of rotatable bonds is 6. The fourth-order valence-corrected chi connectivity index (χ4v) is 1.95. The number of halogens is 2. The molecule has 102 valence electrons. The zero-order valence-corrected chi connectivity index (χ0v) is 10.6. The molecule has 0 saturated heterocycles. The van der Waals surface area contributed by atoms with Crippen molar-refractivity contribution in [3.63, 3.8) is 0 Å². The lowest BCUT2D eigenvalue weighted by molar-refractivity contribution is 0.511. The lowest BCUT2D eigenvalue weighted by Gasteiger charge is -2.01. The lowest BCUT2D eigenvalue weighted by atomic mass is 10.1. The highest BCUT2D eigenvalue weighted by Crippen LogP contribution is 2.22. The van der Waals surface area contributed by atoms with E-state index < -0.39 is 11.6 Å².